The number of carbonyl (C=O) groups is 1. The van der Waals surface area contributed by atoms with Crippen molar-refractivity contribution in [3.05, 3.63) is 16.4 Å². The third-order valence-corrected chi connectivity index (χ3v) is 3.45. The Bertz CT molecular complexity index is 388. The molecule has 0 bridgehead atoms. The Balaban J connectivity index is 1.71. The normalized spacial score (nSPS) is 17.4. The predicted octanol–water partition coefficient (Wildman–Crippen LogP) is 0.624. The lowest BCUT2D eigenvalue weighted by Gasteiger charge is -2.18. The molecule has 7 heteroatoms. The van der Waals surface area contributed by atoms with Crippen molar-refractivity contribution in [1.29, 1.82) is 0 Å². The van der Waals surface area contributed by atoms with Gasteiger partial charge in [-0.25, -0.2) is 0 Å². The first-order valence-electron chi connectivity index (χ1n) is 6.04. The van der Waals surface area contributed by atoms with Crippen molar-refractivity contribution < 1.29 is 9.53 Å². The van der Waals surface area contributed by atoms with E-state index in [1.807, 2.05) is 0 Å². The van der Waals surface area contributed by atoms with Gasteiger partial charge in [-0.1, -0.05) is 0 Å². The molecule has 0 spiro atoms. The first kappa shape index (κ1) is 13.5. The third kappa shape index (κ3) is 3.79. The van der Waals surface area contributed by atoms with Crippen molar-refractivity contribution >= 4 is 21.8 Å². The van der Waals surface area contributed by atoms with E-state index in [4.69, 9.17) is 4.74 Å². The molecule has 0 saturated carbocycles. The van der Waals surface area contributed by atoms with Gasteiger partial charge >= 0.3 is 0 Å². The molecule has 1 fully saturated rings. The highest BCUT2D eigenvalue weighted by Gasteiger charge is 2.13. The van der Waals surface area contributed by atoms with Crippen molar-refractivity contribution in [3.63, 3.8) is 0 Å². The SMILES string of the molecule is O=C(NCCN1CCCOCC1)c1[nH]ncc1Br. The van der Waals surface area contributed by atoms with Crippen molar-refractivity contribution in [1.82, 2.24) is 20.4 Å². The first-order valence-corrected chi connectivity index (χ1v) is 6.84. The fourth-order valence-corrected chi connectivity index (χ4v) is 2.24. The summed E-state index contributed by atoms with van der Waals surface area (Å²) in [7, 11) is 0. The maximum atomic E-state index is 11.8. The largest absolute Gasteiger partial charge is 0.380 e. The number of H-pyrrole nitrogens is 1. The van der Waals surface area contributed by atoms with Crippen LogP contribution in [0.3, 0.4) is 0 Å². The first-order chi connectivity index (χ1) is 8.77. The van der Waals surface area contributed by atoms with Crippen molar-refractivity contribution in [2.24, 2.45) is 0 Å². The summed E-state index contributed by atoms with van der Waals surface area (Å²) in [6.45, 7) is 5.06. The second-order valence-corrected chi connectivity index (χ2v) is 5.01. The minimum atomic E-state index is -0.134. The van der Waals surface area contributed by atoms with Crippen molar-refractivity contribution in [2.75, 3.05) is 39.4 Å². The zero-order valence-electron chi connectivity index (χ0n) is 10.1. The number of aromatic nitrogens is 2. The molecule has 1 aromatic rings. The number of ether oxygens (including phenoxy) is 1. The van der Waals surface area contributed by atoms with Crippen molar-refractivity contribution in [2.45, 2.75) is 6.42 Å². The van der Waals surface area contributed by atoms with Gasteiger partial charge in [0.25, 0.3) is 5.91 Å². The molecular weight excluding hydrogens is 300 g/mol. The lowest BCUT2D eigenvalue weighted by atomic mass is 10.3. The summed E-state index contributed by atoms with van der Waals surface area (Å²) in [5, 5.41) is 9.33. The number of amides is 1. The minimum absolute atomic E-state index is 0.134. The Morgan fingerprint density at radius 1 is 1.56 bits per heavy atom. The fourth-order valence-electron chi connectivity index (χ4n) is 1.87. The van der Waals surface area contributed by atoms with Gasteiger partial charge in [0.2, 0.25) is 0 Å². The van der Waals surface area contributed by atoms with Crippen LogP contribution in [0.25, 0.3) is 0 Å². The number of halogens is 1. The average Bonchev–Trinajstić information content (AvgIpc) is 2.63. The molecule has 0 atom stereocenters. The molecule has 0 aliphatic carbocycles. The van der Waals surface area contributed by atoms with Crippen LogP contribution in [-0.4, -0.2) is 60.4 Å². The summed E-state index contributed by atoms with van der Waals surface area (Å²) in [5.74, 6) is -0.134. The predicted molar refractivity (Wildman–Crippen MR) is 70.5 cm³/mol. The molecule has 2 heterocycles. The van der Waals surface area contributed by atoms with E-state index in [9.17, 15) is 4.79 Å². The highest BCUT2D eigenvalue weighted by molar-refractivity contribution is 9.10. The highest BCUT2D eigenvalue weighted by atomic mass is 79.9. The zero-order chi connectivity index (χ0) is 12.8. The number of carbonyl (C=O) groups excluding carboxylic acids is 1. The summed E-state index contributed by atoms with van der Waals surface area (Å²) >= 11 is 3.26. The van der Waals surface area contributed by atoms with Gasteiger partial charge in [-0.3, -0.25) is 14.8 Å². The molecule has 100 valence electrons. The van der Waals surface area contributed by atoms with E-state index in [-0.39, 0.29) is 5.91 Å². The zero-order valence-corrected chi connectivity index (χ0v) is 11.7. The summed E-state index contributed by atoms with van der Waals surface area (Å²) in [4.78, 5) is 14.1. The summed E-state index contributed by atoms with van der Waals surface area (Å²) in [6.07, 6.45) is 2.63. The van der Waals surface area contributed by atoms with Gasteiger partial charge in [0.15, 0.2) is 0 Å². The molecule has 1 amide bonds. The maximum Gasteiger partial charge on any atom is 0.270 e. The standard InChI is InChI=1S/C11H17BrN4O2/c12-9-8-14-15-10(9)11(17)13-2-4-16-3-1-6-18-7-5-16/h8H,1-7H2,(H,13,17)(H,14,15). The molecule has 2 N–H and O–H groups in total. The van der Waals surface area contributed by atoms with Gasteiger partial charge < -0.3 is 10.1 Å². The molecule has 1 aliphatic rings. The number of nitrogens with zero attached hydrogens (tertiary/aromatic N) is 2. The molecule has 6 nitrogen and oxygen atoms in total. The van der Waals surface area contributed by atoms with Gasteiger partial charge in [0.05, 0.1) is 17.3 Å². The molecule has 0 radical (unpaired) electrons. The molecule has 1 aliphatic heterocycles. The Hall–Kier alpha value is -0.920. The van der Waals surface area contributed by atoms with Gasteiger partial charge in [-0.15, -0.1) is 0 Å². The van der Waals surface area contributed by atoms with Gasteiger partial charge in [0.1, 0.15) is 5.69 Å². The van der Waals surface area contributed by atoms with Gasteiger partial charge in [-0.2, -0.15) is 5.10 Å². The van der Waals surface area contributed by atoms with E-state index in [0.717, 1.165) is 39.3 Å². The van der Waals surface area contributed by atoms with Crippen LogP contribution in [0, 0.1) is 0 Å². The Kier molecular flexibility index (Phi) is 5.15. The van der Waals surface area contributed by atoms with Crippen LogP contribution in [0.15, 0.2) is 10.7 Å². The third-order valence-electron chi connectivity index (χ3n) is 2.85. The summed E-state index contributed by atoms with van der Waals surface area (Å²) < 4.78 is 6.06. The minimum Gasteiger partial charge on any atom is -0.380 e. The number of rotatable bonds is 4. The Morgan fingerprint density at radius 3 is 3.22 bits per heavy atom. The van der Waals surface area contributed by atoms with Crippen molar-refractivity contribution in [3.8, 4) is 0 Å². The van der Waals surface area contributed by atoms with E-state index >= 15 is 0 Å². The van der Waals surface area contributed by atoms with Gasteiger partial charge in [0, 0.05) is 32.8 Å². The van der Waals surface area contributed by atoms with Crippen LogP contribution in [0.2, 0.25) is 0 Å². The van der Waals surface area contributed by atoms with Crippen LogP contribution in [0.1, 0.15) is 16.9 Å². The van der Waals surface area contributed by atoms with E-state index in [1.54, 1.807) is 6.20 Å². The van der Waals surface area contributed by atoms with Crippen LogP contribution in [-0.2, 0) is 4.74 Å². The fraction of sp³-hybridized carbons (Fsp3) is 0.636. The average molecular weight is 317 g/mol. The molecule has 1 aromatic heterocycles. The lowest BCUT2D eigenvalue weighted by molar-refractivity contribution is 0.0941. The summed E-state index contributed by atoms with van der Waals surface area (Å²) in [6, 6.07) is 0. The Labute approximate surface area is 114 Å². The molecule has 2 rings (SSSR count). The lowest BCUT2D eigenvalue weighted by Crippen LogP contribution is -2.36. The topological polar surface area (TPSA) is 70.2 Å². The second-order valence-electron chi connectivity index (χ2n) is 4.16. The quantitative estimate of drug-likeness (QED) is 0.854. The molecular formula is C11H17BrN4O2. The smallest absolute Gasteiger partial charge is 0.270 e. The van der Waals surface area contributed by atoms with E-state index < -0.39 is 0 Å². The summed E-state index contributed by atoms with van der Waals surface area (Å²) in [5.41, 5.74) is 0.467. The van der Waals surface area contributed by atoms with Crippen LogP contribution < -0.4 is 5.32 Å². The molecule has 0 unspecified atom stereocenters. The highest BCUT2D eigenvalue weighted by Crippen LogP contribution is 2.11. The van der Waals surface area contributed by atoms with Crippen LogP contribution >= 0.6 is 15.9 Å². The Morgan fingerprint density at radius 2 is 2.44 bits per heavy atom. The van der Waals surface area contributed by atoms with Crippen LogP contribution in [0.5, 0.6) is 0 Å². The van der Waals surface area contributed by atoms with E-state index in [1.165, 1.54) is 0 Å². The van der Waals surface area contributed by atoms with Gasteiger partial charge in [-0.05, 0) is 22.4 Å². The number of hydrogen-bond acceptors (Lipinski definition) is 4. The molecule has 18 heavy (non-hydrogen) atoms. The maximum absolute atomic E-state index is 11.8. The number of hydrogen-bond donors (Lipinski definition) is 2. The number of nitrogens with one attached hydrogen (secondary N) is 2. The molecule has 1 saturated heterocycles. The van der Waals surface area contributed by atoms with E-state index in [2.05, 4.69) is 36.3 Å². The monoisotopic (exact) mass is 316 g/mol. The van der Waals surface area contributed by atoms with Crippen LogP contribution in [0.4, 0.5) is 0 Å². The number of aromatic amines is 1. The van der Waals surface area contributed by atoms with E-state index in [0.29, 0.717) is 16.7 Å². The molecule has 0 aromatic carbocycles. The second kappa shape index (κ2) is 6.86.